The van der Waals surface area contributed by atoms with Crippen LogP contribution in [0.25, 0.3) is 0 Å². The van der Waals surface area contributed by atoms with Crippen LogP contribution in [-0.4, -0.2) is 9.97 Å². The van der Waals surface area contributed by atoms with E-state index in [1.54, 1.807) is 5.56 Å². The summed E-state index contributed by atoms with van der Waals surface area (Å²) in [6.45, 7) is 2.21. The van der Waals surface area contributed by atoms with Gasteiger partial charge in [0.1, 0.15) is 0 Å². The zero-order valence-corrected chi connectivity index (χ0v) is 12.8. The molecule has 2 nitrogen and oxygen atoms in total. The maximum absolute atomic E-state index is 4.60. The highest BCUT2D eigenvalue weighted by molar-refractivity contribution is 5.58. The van der Waals surface area contributed by atoms with Crippen molar-refractivity contribution in [3.63, 3.8) is 0 Å². The van der Waals surface area contributed by atoms with E-state index < -0.39 is 0 Å². The van der Waals surface area contributed by atoms with Crippen molar-refractivity contribution in [3.8, 4) is 0 Å². The van der Waals surface area contributed by atoms with Crippen LogP contribution in [0.1, 0.15) is 39.6 Å². The molecule has 3 aliphatic rings. The number of hydrogen-bond acceptors (Lipinski definition) is 2. The highest BCUT2D eigenvalue weighted by atomic mass is 14.8. The SMILES string of the molecule is Cc1cc2c3c(c1)CC=C1Cc4nccnc4CC(=CC2)C13. The third-order valence-corrected chi connectivity index (χ3v) is 5.30. The second-order valence-corrected chi connectivity index (χ2v) is 6.70. The summed E-state index contributed by atoms with van der Waals surface area (Å²) in [5, 5.41) is 0. The fraction of sp³-hybridized carbons (Fsp3) is 0.300. The largest absolute Gasteiger partial charge is 0.257 e. The van der Waals surface area contributed by atoms with Crippen molar-refractivity contribution in [2.24, 2.45) is 0 Å². The number of benzene rings is 1. The number of nitrogens with zero attached hydrogens (tertiary/aromatic N) is 2. The van der Waals surface area contributed by atoms with Crippen molar-refractivity contribution in [2.45, 2.75) is 38.5 Å². The first-order valence-electron chi connectivity index (χ1n) is 8.08. The Balaban J connectivity index is 1.73. The molecule has 0 atom stereocenters. The minimum atomic E-state index is 0.476. The summed E-state index contributed by atoms with van der Waals surface area (Å²) in [4.78, 5) is 9.19. The van der Waals surface area contributed by atoms with Crippen LogP contribution in [0.3, 0.4) is 0 Å². The van der Waals surface area contributed by atoms with Crippen LogP contribution >= 0.6 is 0 Å². The molecule has 1 aromatic heterocycles. The fourth-order valence-electron chi connectivity index (χ4n) is 4.41. The summed E-state index contributed by atoms with van der Waals surface area (Å²) in [7, 11) is 0. The van der Waals surface area contributed by atoms with Crippen LogP contribution in [0.5, 0.6) is 0 Å². The second-order valence-electron chi connectivity index (χ2n) is 6.70. The molecule has 0 amide bonds. The van der Waals surface area contributed by atoms with Gasteiger partial charge in [0.2, 0.25) is 0 Å². The zero-order valence-electron chi connectivity index (χ0n) is 12.8. The van der Waals surface area contributed by atoms with E-state index in [2.05, 4.69) is 41.2 Å². The van der Waals surface area contributed by atoms with Gasteiger partial charge < -0.3 is 0 Å². The van der Waals surface area contributed by atoms with E-state index in [1.165, 1.54) is 39.2 Å². The fourth-order valence-corrected chi connectivity index (χ4v) is 4.41. The molecular formula is C20H18N2. The predicted molar refractivity (Wildman–Crippen MR) is 86.9 cm³/mol. The summed E-state index contributed by atoms with van der Waals surface area (Å²) >= 11 is 0. The molecule has 2 aromatic rings. The minimum Gasteiger partial charge on any atom is -0.257 e. The van der Waals surface area contributed by atoms with Crippen molar-refractivity contribution in [2.75, 3.05) is 0 Å². The molecule has 0 spiro atoms. The van der Waals surface area contributed by atoms with E-state index in [0.29, 0.717) is 5.92 Å². The number of aromatic nitrogens is 2. The smallest absolute Gasteiger partial charge is 0.0662 e. The van der Waals surface area contributed by atoms with Crippen molar-refractivity contribution in [1.29, 1.82) is 0 Å². The molecule has 0 saturated heterocycles. The zero-order chi connectivity index (χ0) is 14.7. The van der Waals surface area contributed by atoms with Gasteiger partial charge in [-0.3, -0.25) is 9.97 Å². The highest BCUT2D eigenvalue weighted by Gasteiger charge is 2.34. The van der Waals surface area contributed by atoms with E-state index in [9.17, 15) is 0 Å². The molecule has 0 fully saturated rings. The lowest BCUT2D eigenvalue weighted by molar-refractivity contribution is 0.785. The van der Waals surface area contributed by atoms with Crippen molar-refractivity contribution in [1.82, 2.24) is 9.97 Å². The molecule has 1 heterocycles. The van der Waals surface area contributed by atoms with Gasteiger partial charge in [0.15, 0.2) is 0 Å². The van der Waals surface area contributed by atoms with Gasteiger partial charge in [0, 0.05) is 31.2 Å². The molecule has 0 N–H and O–H groups in total. The van der Waals surface area contributed by atoms with Crippen molar-refractivity contribution in [3.05, 3.63) is 81.5 Å². The molecule has 0 bridgehead atoms. The van der Waals surface area contributed by atoms with Gasteiger partial charge in [-0.1, -0.05) is 41.0 Å². The van der Waals surface area contributed by atoms with Crippen molar-refractivity contribution < 1.29 is 0 Å². The van der Waals surface area contributed by atoms with E-state index in [1.807, 2.05) is 12.4 Å². The molecule has 0 saturated carbocycles. The van der Waals surface area contributed by atoms with Crippen LogP contribution in [0.15, 0.2) is 47.8 Å². The lowest BCUT2D eigenvalue weighted by Crippen LogP contribution is -2.19. The van der Waals surface area contributed by atoms with E-state index in [4.69, 9.17) is 0 Å². The number of rotatable bonds is 0. The number of aryl methyl sites for hydroxylation is 1. The van der Waals surface area contributed by atoms with Crippen molar-refractivity contribution >= 4 is 0 Å². The molecular weight excluding hydrogens is 268 g/mol. The first-order valence-corrected chi connectivity index (χ1v) is 8.08. The average Bonchev–Trinajstić information content (AvgIpc) is 2.69. The third kappa shape index (κ3) is 1.67. The van der Waals surface area contributed by atoms with Gasteiger partial charge >= 0.3 is 0 Å². The molecule has 108 valence electrons. The van der Waals surface area contributed by atoms with Gasteiger partial charge in [-0.25, -0.2) is 0 Å². The first kappa shape index (κ1) is 12.3. The summed E-state index contributed by atoms with van der Waals surface area (Å²) < 4.78 is 0. The van der Waals surface area contributed by atoms with Gasteiger partial charge in [-0.05, 0) is 36.5 Å². The number of hydrogen-bond donors (Lipinski definition) is 0. The number of fused-ring (bicyclic) bond motifs is 1. The van der Waals surface area contributed by atoms with Crippen LogP contribution in [0, 0.1) is 6.92 Å². The number of allylic oxidation sites excluding steroid dienone is 4. The molecule has 0 radical (unpaired) electrons. The molecule has 5 rings (SSSR count). The molecule has 0 aliphatic heterocycles. The lowest BCUT2D eigenvalue weighted by Gasteiger charge is -2.33. The van der Waals surface area contributed by atoms with Gasteiger partial charge in [-0.15, -0.1) is 0 Å². The topological polar surface area (TPSA) is 25.8 Å². The Kier molecular flexibility index (Phi) is 2.46. The quantitative estimate of drug-likeness (QED) is 0.691. The Hall–Kier alpha value is -2.22. The predicted octanol–water partition coefficient (Wildman–Crippen LogP) is 3.63. The Morgan fingerprint density at radius 1 is 0.864 bits per heavy atom. The monoisotopic (exact) mass is 286 g/mol. The lowest BCUT2D eigenvalue weighted by atomic mass is 9.71. The molecule has 3 aliphatic carbocycles. The Bertz CT molecular complexity index is 792. The Morgan fingerprint density at radius 2 is 1.41 bits per heavy atom. The maximum atomic E-state index is 4.60. The first-order chi connectivity index (χ1) is 10.8. The standard InChI is InChI=1S/C20H18N2/c1-12-8-13-2-4-15-10-17-18(22-7-6-21-17)11-16-5-3-14(9-12)19(13)20(15)16/h4-9,20H,2-3,10-11H2,1H3. The maximum Gasteiger partial charge on any atom is 0.0662 e. The summed E-state index contributed by atoms with van der Waals surface area (Å²) in [6.07, 6.45) is 12.6. The van der Waals surface area contributed by atoms with Gasteiger partial charge in [-0.2, -0.15) is 0 Å². The van der Waals surface area contributed by atoms with Crippen LogP contribution in [0.4, 0.5) is 0 Å². The van der Waals surface area contributed by atoms with Crippen LogP contribution in [0.2, 0.25) is 0 Å². The summed E-state index contributed by atoms with van der Waals surface area (Å²) in [5.74, 6) is 0.476. The van der Waals surface area contributed by atoms with E-state index in [-0.39, 0.29) is 0 Å². The minimum absolute atomic E-state index is 0.476. The van der Waals surface area contributed by atoms with E-state index >= 15 is 0 Å². The second kappa shape index (κ2) is 4.39. The summed E-state index contributed by atoms with van der Waals surface area (Å²) in [5.41, 5.74) is 11.4. The Labute approximate surface area is 130 Å². The normalized spacial score (nSPS) is 18.8. The summed E-state index contributed by atoms with van der Waals surface area (Å²) in [6, 6.07) is 4.76. The van der Waals surface area contributed by atoms with E-state index in [0.717, 1.165) is 25.7 Å². The molecule has 2 heteroatoms. The highest BCUT2D eigenvalue weighted by Crippen LogP contribution is 2.46. The molecule has 1 aromatic carbocycles. The molecule has 0 unspecified atom stereocenters. The molecule has 22 heavy (non-hydrogen) atoms. The van der Waals surface area contributed by atoms with Gasteiger partial charge in [0.25, 0.3) is 0 Å². The third-order valence-electron chi connectivity index (χ3n) is 5.30. The average molecular weight is 286 g/mol. The van der Waals surface area contributed by atoms with Crippen LogP contribution < -0.4 is 0 Å². The van der Waals surface area contributed by atoms with Crippen LogP contribution in [-0.2, 0) is 25.7 Å². The van der Waals surface area contributed by atoms with Gasteiger partial charge in [0.05, 0.1) is 11.4 Å². The Morgan fingerprint density at radius 3 is 1.95 bits per heavy atom.